The number of fused-ring (bicyclic) bond motifs is 1. The third-order valence-electron chi connectivity index (χ3n) is 6.64. The molecule has 6 nitrogen and oxygen atoms in total. The Labute approximate surface area is 216 Å². The molecule has 0 amide bonds. The number of hydrogen-bond acceptors (Lipinski definition) is 4. The van der Waals surface area contributed by atoms with Crippen molar-refractivity contribution in [3.8, 4) is 17.3 Å². The first-order valence-corrected chi connectivity index (χ1v) is 12.3. The molecule has 0 bridgehead atoms. The lowest BCUT2D eigenvalue weighted by Gasteiger charge is -2.15. The van der Waals surface area contributed by atoms with Crippen LogP contribution in [0.15, 0.2) is 88.6 Å². The molecule has 3 aromatic carbocycles. The van der Waals surface area contributed by atoms with Crippen LogP contribution < -0.4 is 5.56 Å². The van der Waals surface area contributed by atoms with Crippen LogP contribution in [0.4, 0.5) is 5.82 Å². The van der Waals surface area contributed by atoms with Gasteiger partial charge in [0.05, 0.1) is 22.6 Å². The third-order valence-corrected chi connectivity index (χ3v) is 6.64. The molecule has 2 heterocycles. The van der Waals surface area contributed by atoms with Crippen LogP contribution in [-0.2, 0) is 5.41 Å². The molecule has 0 aliphatic heterocycles. The molecule has 0 aliphatic carbocycles. The van der Waals surface area contributed by atoms with Crippen molar-refractivity contribution in [3.05, 3.63) is 112 Å². The Morgan fingerprint density at radius 1 is 0.838 bits per heavy atom. The summed E-state index contributed by atoms with van der Waals surface area (Å²) in [5.74, 6) is 0.473. The molecule has 1 N–H and O–H groups in total. The quantitative estimate of drug-likeness (QED) is 0.291. The summed E-state index contributed by atoms with van der Waals surface area (Å²) in [6.45, 7) is 10.3. The van der Waals surface area contributed by atoms with E-state index in [0.29, 0.717) is 27.8 Å². The van der Waals surface area contributed by atoms with Crippen LogP contribution in [0.25, 0.3) is 22.1 Å². The van der Waals surface area contributed by atoms with E-state index in [2.05, 4.69) is 20.8 Å². The predicted octanol–water partition coefficient (Wildman–Crippen LogP) is 6.55. The summed E-state index contributed by atoms with van der Waals surface area (Å²) < 4.78 is 3.15. The van der Waals surface area contributed by atoms with Crippen molar-refractivity contribution in [1.29, 1.82) is 0 Å². The van der Waals surface area contributed by atoms with Gasteiger partial charge < -0.3 is 5.11 Å². The molecule has 186 valence electrons. The van der Waals surface area contributed by atoms with Gasteiger partial charge in [-0.3, -0.25) is 4.79 Å². The lowest BCUT2D eigenvalue weighted by atomic mass is 9.92. The van der Waals surface area contributed by atoms with Gasteiger partial charge in [0, 0.05) is 28.5 Å². The van der Waals surface area contributed by atoms with Gasteiger partial charge in [0.15, 0.2) is 5.82 Å². The number of aliphatic imine (C=N–C) groups is 1. The second-order valence-corrected chi connectivity index (χ2v) is 10.3. The van der Waals surface area contributed by atoms with Crippen molar-refractivity contribution in [2.24, 2.45) is 4.99 Å². The number of rotatable bonds is 4. The molecule has 6 heteroatoms. The summed E-state index contributed by atoms with van der Waals surface area (Å²) in [7, 11) is 0. The number of pyridine rings is 1. The molecule has 37 heavy (non-hydrogen) atoms. The van der Waals surface area contributed by atoms with E-state index >= 15 is 0 Å². The van der Waals surface area contributed by atoms with E-state index in [-0.39, 0.29) is 16.9 Å². The molecular formula is C31H30N4O2. The van der Waals surface area contributed by atoms with Gasteiger partial charge in [0.2, 0.25) is 5.88 Å². The second kappa shape index (κ2) is 9.21. The fourth-order valence-corrected chi connectivity index (χ4v) is 4.31. The lowest BCUT2D eigenvalue weighted by molar-refractivity contribution is 0.436. The van der Waals surface area contributed by atoms with Crippen LogP contribution in [0.2, 0.25) is 0 Å². The summed E-state index contributed by atoms with van der Waals surface area (Å²) in [6.07, 6.45) is 1.62. The number of para-hydroxylation sites is 1. The van der Waals surface area contributed by atoms with E-state index in [9.17, 15) is 9.90 Å². The normalized spacial score (nSPS) is 12.0. The summed E-state index contributed by atoms with van der Waals surface area (Å²) in [5, 5.41) is 17.4. The Morgan fingerprint density at radius 2 is 1.51 bits per heavy atom. The molecule has 0 radical (unpaired) electrons. The second-order valence-electron chi connectivity index (χ2n) is 10.3. The number of nitrogens with zero attached hydrogens (tertiary/aromatic N) is 4. The lowest BCUT2D eigenvalue weighted by Crippen LogP contribution is -2.20. The summed E-state index contributed by atoms with van der Waals surface area (Å²) in [6, 6.07) is 24.8. The standard InChI is InChI=1S/C31H30N4O2/c1-20-15-16-23(17-21(20)2)34-29(36)25-14-10-9-13-24(25)26(30(34)37)19-32-28-18-27(31(3,4)5)33-35(28)22-11-7-6-8-12-22/h6-19,37H,1-5H3/b32-19+. The highest BCUT2D eigenvalue weighted by Crippen LogP contribution is 2.30. The average Bonchev–Trinajstić information content (AvgIpc) is 3.32. The molecule has 5 aromatic rings. The highest BCUT2D eigenvalue weighted by Gasteiger charge is 2.21. The zero-order valence-corrected chi connectivity index (χ0v) is 21.7. The van der Waals surface area contributed by atoms with Crippen molar-refractivity contribution in [2.45, 2.75) is 40.0 Å². The molecule has 0 atom stereocenters. The Morgan fingerprint density at radius 3 is 2.19 bits per heavy atom. The monoisotopic (exact) mass is 490 g/mol. The average molecular weight is 491 g/mol. The number of aromatic nitrogens is 3. The van der Waals surface area contributed by atoms with E-state index in [4.69, 9.17) is 10.1 Å². The Kier molecular flexibility index (Phi) is 6.04. The summed E-state index contributed by atoms with van der Waals surface area (Å²) in [4.78, 5) is 18.3. The van der Waals surface area contributed by atoms with E-state index in [0.717, 1.165) is 22.5 Å². The molecule has 0 saturated carbocycles. The molecule has 0 spiro atoms. The van der Waals surface area contributed by atoms with E-state index in [1.165, 1.54) is 4.57 Å². The van der Waals surface area contributed by atoms with Crippen molar-refractivity contribution in [2.75, 3.05) is 0 Å². The number of benzene rings is 3. The van der Waals surface area contributed by atoms with E-state index in [1.807, 2.05) is 86.6 Å². The van der Waals surface area contributed by atoms with Crippen LogP contribution in [-0.4, -0.2) is 25.7 Å². The number of hydrogen-bond donors (Lipinski definition) is 1. The summed E-state index contributed by atoms with van der Waals surface area (Å²) in [5.41, 5.74) is 4.56. The number of aryl methyl sites for hydroxylation is 2. The molecule has 0 aliphatic rings. The van der Waals surface area contributed by atoms with E-state index in [1.54, 1.807) is 17.0 Å². The molecule has 0 unspecified atom stereocenters. The van der Waals surface area contributed by atoms with Gasteiger partial charge in [0.25, 0.3) is 5.56 Å². The van der Waals surface area contributed by atoms with Crippen molar-refractivity contribution < 1.29 is 5.11 Å². The maximum Gasteiger partial charge on any atom is 0.265 e. The molecular weight excluding hydrogens is 460 g/mol. The molecule has 0 saturated heterocycles. The summed E-state index contributed by atoms with van der Waals surface area (Å²) >= 11 is 0. The van der Waals surface area contributed by atoms with Gasteiger partial charge >= 0.3 is 0 Å². The van der Waals surface area contributed by atoms with Crippen molar-refractivity contribution in [3.63, 3.8) is 0 Å². The van der Waals surface area contributed by atoms with Crippen LogP contribution in [0, 0.1) is 13.8 Å². The van der Waals surface area contributed by atoms with Gasteiger partial charge in [0.1, 0.15) is 0 Å². The van der Waals surface area contributed by atoms with Gasteiger partial charge in [-0.2, -0.15) is 5.10 Å². The van der Waals surface area contributed by atoms with Crippen molar-refractivity contribution >= 4 is 22.8 Å². The first kappa shape index (κ1) is 24.3. The fraction of sp³-hybridized carbons (Fsp3) is 0.194. The van der Waals surface area contributed by atoms with Crippen molar-refractivity contribution in [1.82, 2.24) is 14.3 Å². The van der Waals surface area contributed by atoms with Gasteiger partial charge in [-0.05, 0) is 55.3 Å². The molecule has 0 fully saturated rings. The van der Waals surface area contributed by atoms with Gasteiger partial charge in [-0.25, -0.2) is 14.2 Å². The minimum absolute atomic E-state index is 0.155. The Bertz CT molecular complexity index is 1700. The number of aromatic hydroxyl groups is 1. The first-order valence-electron chi connectivity index (χ1n) is 12.3. The van der Waals surface area contributed by atoms with Crippen LogP contribution in [0.5, 0.6) is 5.88 Å². The molecule has 5 rings (SSSR count). The highest BCUT2D eigenvalue weighted by molar-refractivity contribution is 6.02. The predicted molar refractivity (Wildman–Crippen MR) is 150 cm³/mol. The van der Waals surface area contributed by atoms with Crippen LogP contribution in [0.1, 0.15) is 43.2 Å². The first-order chi connectivity index (χ1) is 17.6. The minimum Gasteiger partial charge on any atom is -0.494 e. The Balaban J connectivity index is 1.73. The van der Waals surface area contributed by atoms with Crippen LogP contribution >= 0.6 is 0 Å². The maximum atomic E-state index is 13.5. The topological polar surface area (TPSA) is 72.4 Å². The van der Waals surface area contributed by atoms with E-state index < -0.39 is 0 Å². The smallest absolute Gasteiger partial charge is 0.265 e. The maximum absolute atomic E-state index is 13.5. The SMILES string of the molecule is Cc1ccc(-n2c(O)c(/C=N/c3cc(C(C)(C)C)nn3-c3ccccc3)c3ccccc3c2=O)cc1C. The highest BCUT2D eigenvalue weighted by atomic mass is 16.3. The Hall–Kier alpha value is -4.45. The fourth-order valence-electron chi connectivity index (χ4n) is 4.31. The van der Waals surface area contributed by atoms with Gasteiger partial charge in [-0.15, -0.1) is 0 Å². The van der Waals surface area contributed by atoms with Crippen LogP contribution in [0.3, 0.4) is 0 Å². The largest absolute Gasteiger partial charge is 0.494 e. The zero-order chi connectivity index (χ0) is 26.3. The zero-order valence-electron chi connectivity index (χ0n) is 21.7. The van der Waals surface area contributed by atoms with Gasteiger partial charge in [-0.1, -0.05) is 63.2 Å². The third kappa shape index (κ3) is 4.47. The minimum atomic E-state index is -0.280. The molecule has 2 aromatic heterocycles.